The van der Waals surface area contributed by atoms with Gasteiger partial charge < -0.3 is 0 Å². The zero-order chi connectivity index (χ0) is 8.43. The summed E-state index contributed by atoms with van der Waals surface area (Å²) in [7, 11) is 0. The van der Waals surface area contributed by atoms with Gasteiger partial charge in [0.05, 0.1) is 5.56 Å². The minimum Gasteiger partial charge on any atom is -0.294 e. The average molecular weight is 146 g/mol. The topological polar surface area (TPSA) is 17.1 Å². The molecule has 56 valence electrons. The Bertz CT molecular complexity index is 287. The summed E-state index contributed by atoms with van der Waals surface area (Å²) in [5.74, 6) is 0.0578. The summed E-state index contributed by atoms with van der Waals surface area (Å²) in [6.07, 6.45) is 0. The van der Waals surface area contributed by atoms with Crippen molar-refractivity contribution in [2.24, 2.45) is 0 Å². The number of hydrogen-bond acceptors (Lipinski definition) is 1. The average Bonchev–Trinajstić information content (AvgIpc) is 1.94. The van der Waals surface area contributed by atoms with Gasteiger partial charge in [0.25, 0.3) is 0 Å². The van der Waals surface area contributed by atoms with Crippen molar-refractivity contribution in [3.63, 3.8) is 0 Å². The monoisotopic (exact) mass is 146 g/mol. The molecule has 0 spiro atoms. The van der Waals surface area contributed by atoms with Crippen LogP contribution in [-0.4, -0.2) is 5.78 Å². The number of hydrogen-bond donors (Lipinski definition) is 0. The largest absolute Gasteiger partial charge is 0.294 e. The van der Waals surface area contributed by atoms with Crippen molar-refractivity contribution >= 4 is 5.78 Å². The number of carbonyl (C=O) groups is 1. The van der Waals surface area contributed by atoms with Crippen LogP contribution in [0.4, 0.5) is 0 Å². The van der Waals surface area contributed by atoms with E-state index in [4.69, 9.17) is 0 Å². The summed E-state index contributed by atoms with van der Waals surface area (Å²) in [6.45, 7) is 5.44. The van der Waals surface area contributed by atoms with Crippen LogP contribution in [0.3, 0.4) is 0 Å². The van der Waals surface area contributed by atoms with Crippen LogP contribution in [0.5, 0.6) is 0 Å². The first kappa shape index (κ1) is 7.81. The highest BCUT2D eigenvalue weighted by Crippen LogP contribution is 2.09. The molecule has 0 unspecified atom stereocenters. The molecule has 0 atom stereocenters. The van der Waals surface area contributed by atoms with E-state index in [1.165, 1.54) is 0 Å². The van der Waals surface area contributed by atoms with E-state index in [0.29, 0.717) is 5.56 Å². The highest BCUT2D eigenvalue weighted by Gasteiger charge is 2.03. The molecule has 0 radical (unpaired) electrons. The van der Waals surface area contributed by atoms with Crippen LogP contribution in [0.2, 0.25) is 0 Å². The van der Waals surface area contributed by atoms with E-state index >= 15 is 0 Å². The van der Waals surface area contributed by atoms with Crippen LogP contribution >= 0.6 is 0 Å². The van der Waals surface area contributed by atoms with Crippen molar-refractivity contribution < 1.29 is 4.79 Å². The fraction of sp³-hybridized carbons (Fsp3) is 0.300. The Balaban J connectivity index is 3.27. The Labute approximate surface area is 67.1 Å². The number of rotatable bonds is 1. The zero-order valence-corrected chi connectivity index (χ0v) is 6.99. The molecule has 0 heterocycles. The van der Waals surface area contributed by atoms with Gasteiger partial charge in [-0.25, -0.2) is 0 Å². The molecule has 0 aromatic heterocycles. The van der Waals surface area contributed by atoms with Crippen LogP contribution in [0.15, 0.2) is 6.07 Å². The van der Waals surface area contributed by atoms with E-state index in [-0.39, 0.29) is 5.78 Å². The highest BCUT2D eigenvalue weighted by atomic mass is 16.1. The molecule has 0 saturated carbocycles. The SMILES string of the molecule is CC(=O)c1c#ccc(C)c1C. The van der Waals surface area contributed by atoms with Gasteiger partial charge in [-0.15, -0.1) is 0 Å². The van der Waals surface area contributed by atoms with Crippen LogP contribution in [0.1, 0.15) is 28.4 Å². The van der Waals surface area contributed by atoms with Crippen LogP contribution < -0.4 is 0 Å². The van der Waals surface area contributed by atoms with Gasteiger partial charge in [-0.05, 0) is 38.0 Å². The Morgan fingerprint density at radius 3 is 2.55 bits per heavy atom. The molecule has 1 heteroatoms. The lowest BCUT2D eigenvalue weighted by molar-refractivity contribution is 0.101. The second-order valence-electron chi connectivity index (χ2n) is 2.65. The molecule has 0 aliphatic heterocycles. The molecule has 1 rings (SSSR count). The number of ketones is 1. The van der Waals surface area contributed by atoms with Gasteiger partial charge in [0.1, 0.15) is 0 Å². The first-order valence-electron chi connectivity index (χ1n) is 3.53. The molecule has 0 bridgehead atoms. The van der Waals surface area contributed by atoms with E-state index in [9.17, 15) is 4.79 Å². The second-order valence-corrected chi connectivity index (χ2v) is 2.65. The van der Waals surface area contributed by atoms with Crippen molar-refractivity contribution in [3.05, 3.63) is 34.9 Å². The molecular formula is C10H10O. The number of Topliss-reactive ketones (excluding diaryl/α,β-unsaturated/α-hetero) is 1. The van der Waals surface area contributed by atoms with Gasteiger partial charge in [-0.3, -0.25) is 4.79 Å². The highest BCUT2D eigenvalue weighted by molar-refractivity contribution is 5.95. The van der Waals surface area contributed by atoms with Gasteiger partial charge >= 0.3 is 0 Å². The summed E-state index contributed by atoms with van der Waals surface area (Å²) in [5.41, 5.74) is 2.76. The summed E-state index contributed by atoms with van der Waals surface area (Å²) in [4.78, 5) is 11.0. The van der Waals surface area contributed by atoms with Crippen molar-refractivity contribution in [2.45, 2.75) is 20.8 Å². The maximum Gasteiger partial charge on any atom is 0.168 e. The molecule has 1 aromatic carbocycles. The lowest BCUT2D eigenvalue weighted by Gasteiger charge is -1.99. The Morgan fingerprint density at radius 2 is 2.09 bits per heavy atom. The first-order valence-corrected chi connectivity index (χ1v) is 3.53. The second kappa shape index (κ2) is 2.75. The van der Waals surface area contributed by atoms with E-state index in [1.807, 2.05) is 19.9 Å². The van der Waals surface area contributed by atoms with Crippen LogP contribution in [0, 0.1) is 26.0 Å². The lowest BCUT2D eigenvalue weighted by atomic mass is 10.0. The predicted molar refractivity (Wildman–Crippen MR) is 43.6 cm³/mol. The van der Waals surface area contributed by atoms with Crippen molar-refractivity contribution in [1.29, 1.82) is 0 Å². The van der Waals surface area contributed by atoms with E-state index < -0.39 is 0 Å². The van der Waals surface area contributed by atoms with Crippen LogP contribution in [0.25, 0.3) is 0 Å². The predicted octanol–water partition coefficient (Wildman–Crippen LogP) is 2.11. The molecule has 0 amide bonds. The molecule has 0 N–H and O–H groups in total. The van der Waals surface area contributed by atoms with Crippen molar-refractivity contribution in [1.82, 2.24) is 0 Å². The minimum atomic E-state index is 0.0578. The third-order valence-electron chi connectivity index (χ3n) is 1.80. The smallest absolute Gasteiger partial charge is 0.168 e. The lowest BCUT2D eigenvalue weighted by Crippen LogP contribution is -1.95. The summed E-state index contributed by atoms with van der Waals surface area (Å²) in [6, 6.07) is 7.44. The third kappa shape index (κ3) is 1.40. The van der Waals surface area contributed by atoms with Crippen molar-refractivity contribution in [3.8, 4) is 0 Å². The normalized spacial score (nSPS) is 9.00. The summed E-state index contributed by atoms with van der Waals surface area (Å²) >= 11 is 0. The summed E-state index contributed by atoms with van der Waals surface area (Å²) in [5, 5.41) is 0. The van der Waals surface area contributed by atoms with Crippen LogP contribution in [-0.2, 0) is 0 Å². The molecular weight excluding hydrogens is 136 g/mol. The number of aryl methyl sites for hydroxylation is 1. The standard InChI is InChI=1S/C10H10O/c1-7-5-4-6-10(8(7)2)9(3)11/h5H,1-3H3. The van der Waals surface area contributed by atoms with Gasteiger partial charge in [0, 0.05) is 0 Å². The Kier molecular flexibility index (Phi) is 1.96. The first-order chi connectivity index (χ1) is 5.13. The maximum absolute atomic E-state index is 11.0. The number of carbonyl (C=O) groups excluding carboxylic acids is 1. The molecule has 0 aliphatic carbocycles. The summed E-state index contributed by atoms with van der Waals surface area (Å²) < 4.78 is 0. The molecule has 0 saturated heterocycles. The van der Waals surface area contributed by atoms with Gasteiger partial charge in [0.2, 0.25) is 0 Å². The molecule has 0 fully saturated rings. The van der Waals surface area contributed by atoms with Gasteiger partial charge in [0.15, 0.2) is 5.78 Å². The maximum atomic E-state index is 11.0. The molecule has 11 heavy (non-hydrogen) atoms. The Morgan fingerprint density at radius 1 is 1.45 bits per heavy atom. The molecule has 0 aliphatic rings. The third-order valence-corrected chi connectivity index (χ3v) is 1.80. The van der Waals surface area contributed by atoms with E-state index in [1.54, 1.807) is 6.92 Å². The fourth-order valence-corrected chi connectivity index (χ4v) is 0.968. The Hall–Kier alpha value is -1.29. The quantitative estimate of drug-likeness (QED) is 0.554. The van der Waals surface area contributed by atoms with E-state index in [2.05, 4.69) is 12.1 Å². The molecule has 1 nitrogen and oxygen atoms in total. The van der Waals surface area contributed by atoms with Gasteiger partial charge in [-0.1, -0.05) is 12.1 Å². The molecule has 1 aromatic rings. The zero-order valence-electron chi connectivity index (χ0n) is 6.99. The van der Waals surface area contributed by atoms with Crippen molar-refractivity contribution in [2.75, 3.05) is 0 Å². The minimum absolute atomic E-state index is 0.0578. The fourth-order valence-electron chi connectivity index (χ4n) is 0.968. The van der Waals surface area contributed by atoms with Gasteiger partial charge in [-0.2, -0.15) is 0 Å². The van der Waals surface area contributed by atoms with E-state index in [0.717, 1.165) is 11.1 Å².